The molecule has 4 aromatic rings. The second-order valence-electron chi connectivity index (χ2n) is 7.41. The number of fused-ring (bicyclic) bond motifs is 1. The average molecular weight is 417 g/mol. The second-order valence-corrected chi connectivity index (χ2v) is 7.41. The smallest absolute Gasteiger partial charge is 0.293 e. The molecule has 4 rings (SSSR count). The number of para-hydroxylation sites is 3. The molecule has 0 aliphatic rings. The minimum atomic E-state index is -0.379. The fraction of sp³-hybridized carbons (Fsp3) is 0.217. The molecule has 0 fully saturated rings. The van der Waals surface area contributed by atoms with E-state index < -0.39 is 0 Å². The van der Waals surface area contributed by atoms with Gasteiger partial charge >= 0.3 is 0 Å². The Hall–Kier alpha value is -3.94. The van der Waals surface area contributed by atoms with Gasteiger partial charge in [-0.3, -0.25) is 9.59 Å². The van der Waals surface area contributed by atoms with Crippen molar-refractivity contribution in [1.82, 2.24) is 19.6 Å². The highest BCUT2D eigenvalue weighted by atomic mass is 16.5. The Morgan fingerprint density at radius 1 is 1.10 bits per heavy atom. The predicted octanol–water partition coefficient (Wildman–Crippen LogP) is 3.35. The molecule has 0 radical (unpaired) electrons. The number of carbonyl (C=O) groups excluding carboxylic acids is 1. The van der Waals surface area contributed by atoms with Crippen LogP contribution < -0.4 is 15.6 Å². The van der Waals surface area contributed by atoms with Gasteiger partial charge in [-0.25, -0.2) is 9.36 Å². The Bertz CT molecular complexity index is 1290. The van der Waals surface area contributed by atoms with Gasteiger partial charge in [0.2, 0.25) is 5.91 Å². The SMILES string of the molecule is COc1ccccc1NC(=O)Cn1nc(C(C)C)c2cnn(-c3ccccc3)c2c1=O. The van der Waals surface area contributed by atoms with E-state index >= 15 is 0 Å². The summed E-state index contributed by atoms with van der Waals surface area (Å²) in [5, 5.41) is 12.4. The summed E-state index contributed by atoms with van der Waals surface area (Å²) >= 11 is 0. The minimum Gasteiger partial charge on any atom is -0.495 e. The number of hydrogen-bond donors (Lipinski definition) is 1. The molecule has 8 nitrogen and oxygen atoms in total. The first kappa shape index (κ1) is 20.3. The van der Waals surface area contributed by atoms with E-state index in [9.17, 15) is 9.59 Å². The van der Waals surface area contributed by atoms with Gasteiger partial charge < -0.3 is 10.1 Å². The van der Waals surface area contributed by atoms with Crippen LogP contribution >= 0.6 is 0 Å². The molecule has 0 atom stereocenters. The van der Waals surface area contributed by atoms with Gasteiger partial charge in [0.25, 0.3) is 5.56 Å². The minimum absolute atomic E-state index is 0.0417. The number of benzene rings is 2. The van der Waals surface area contributed by atoms with Gasteiger partial charge in [-0.15, -0.1) is 0 Å². The largest absolute Gasteiger partial charge is 0.495 e. The Kier molecular flexibility index (Phi) is 5.53. The van der Waals surface area contributed by atoms with Crippen LogP contribution in [0.15, 0.2) is 65.6 Å². The van der Waals surface area contributed by atoms with Crippen LogP contribution in [0.4, 0.5) is 5.69 Å². The molecule has 0 bridgehead atoms. The summed E-state index contributed by atoms with van der Waals surface area (Å²) in [5.74, 6) is 0.204. The fourth-order valence-electron chi connectivity index (χ4n) is 3.47. The Morgan fingerprint density at radius 2 is 1.81 bits per heavy atom. The number of hydrogen-bond acceptors (Lipinski definition) is 5. The number of carbonyl (C=O) groups is 1. The third kappa shape index (κ3) is 3.92. The quantitative estimate of drug-likeness (QED) is 0.520. The highest BCUT2D eigenvalue weighted by molar-refractivity contribution is 5.92. The van der Waals surface area contributed by atoms with Crippen LogP contribution in [-0.4, -0.2) is 32.6 Å². The van der Waals surface area contributed by atoms with Crippen molar-refractivity contribution in [1.29, 1.82) is 0 Å². The molecule has 1 N–H and O–H groups in total. The highest BCUT2D eigenvalue weighted by Gasteiger charge is 2.20. The molecule has 0 saturated carbocycles. The number of anilines is 1. The molecular formula is C23H23N5O3. The molecule has 0 saturated heterocycles. The lowest BCUT2D eigenvalue weighted by Gasteiger charge is -2.13. The standard InChI is InChI=1S/C23H23N5O3/c1-15(2)21-17-13-24-28(16-9-5-4-6-10-16)22(17)23(30)27(26-21)14-20(29)25-18-11-7-8-12-19(18)31-3/h4-13,15H,14H2,1-3H3,(H,25,29). The summed E-state index contributed by atoms with van der Waals surface area (Å²) in [4.78, 5) is 26.0. The molecule has 2 aromatic carbocycles. The van der Waals surface area contributed by atoms with E-state index in [0.29, 0.717) is 28.0 Å². The van der Waals surface area contributed by atoms with Gasteiger partial charge in [0.1, 0.15) is 17.8 Å². The Morgan fingerprint density at radius 3 is 2.52 bits per heavy atom. The molecule has 158 valence electrons. The number of amides is 1. The maximum atomic E-state index is 13.3. The summed E-state index contributed by atoms with van der Waals surface area (Å²) in [5.41, 5.74) is 2.02. The van der Waals surface area contributed by atoms with Crippen LogP contribution in [0.25, 0.3) is 16.6 Å². The third-order valence-corrected chi connectivity index (χ3v) is 4.93. The second kappa shape index (κ2) is 8.43. The van der Waals surface area contributed by atoms with Crippen molar-refractivity contribution in [2.45, 2.75) is 26.3 Å². The summed E-state index contributed by atoms with van der Waals surface area (Å²) in [6.45, 7) is 3.75. The lowest BCUT2D eigenvalue weighted by Crippen LogP contribution is -2.31. The maximum absolute atomic E-state index is 13.3. The van der Waals surface area contributed by atoms with Gasteiger partial charge in [0, 0.05) is 5.39 Å². The fourth-order valence-corrected chi connectivity index (χ4v) is 3.47. The van der Waals surface area contributed by atoms with E-state index in [4.69, 9.17) is 4.74 Å². The van der Waals surface area contributed by atoms with E-state index in [1.165, 1.54) is 11.8 Å². The summed E-state index contributed by atoms with van der Waals surface area (Å²) in [6.07, 6.45) is 1.66. The Labute approximate surface area is 179 Å². The number of nitrogens with one attached hydrogen (secondary N) is 1. The Balaban J connectivity index is 1.76. The van der Waals surface area contributed by atoms with E-state index in [-0.39, 0.29) is 23.9 Å². The van der Waals surface area contributed by atoms with Gasteiger partial charge in [0.05, 0.1) is 30.4 Å². The average Bonchev–Trinajstić information content (AvgIpc) is 3.22. The number of nitrogens with zero attached hydrogens (tertiary/aromatic N) is 4. The van der Waals surface area contributed by atoms with Crippen molar-refractivity contribution in [2.24, 2.45) is 0 Å². The molecule has 0 spiro atoms. The lowest BCUT2D eigenvalue weighted by molar-refractivity contribution is -0.117. The number of rotatable bonds is 6. The van der Waals surface area contributed by atoms with E-state index in [1.54, 1.807) is 29.1 Å². The third-order valence-electron chi connectivity index (χ3n) is 4.93. The molecule has 0 unspecified atom stereocenters. The highest BCUT2D eigenvalue weighted by Crippen LogP contribution is 2.24. The van der Waals surface area contributed by atoms with Crippen LogP contribution in [-0.2, 0) is 11.3 Å². The van der Waals surface area contributed by atoms with Gasteiger partial charge in [-0.2, -0.15) is 10.2 Å². The van der Waals surface area contributed by atoms with Gasteiger partial charge in [0.15, 0.2) is 0 Å². The van der Waals surface area contributed by atoms with Gasteiger partial charge in [-0.05, 0) is 30.2 Å². The van der Waals surface area contributed by atoms with Crippen LogP contribution in [0.5, 0.6) is 5.75 Å². The zero-order valence-electron chi connectivity index (χ0n) is 17.6. The molecule has 2 aromatic heterocycles. The molecule has 0 aliphatic heterocycles. The number of ether oxygens (including phenoxy) is 1. The van der Waals surface area contributed by atoms with Crippen molar-refractivity contribution in [3.63, 3.8) is 0 Å². The van der Waals surface area contributed by atoms with Gasteiger partial charge in [-0.1, -0.05) is 44.2 Å². The number of aromatic nitrogens is 4. The zero-order valence-corrected chi connectivity index (χ0v) is 17.6. The first-order valence-electron chi connectivity index (χ1n) is 9.96. The van der Waals surface area contributed by atoms with Crippen molar-refractivity contribution >= 4 is 22.5 Å². The van der Waals surface area contributed by atoms with Crippen LogP contribution in [0.1, 0.15) is 25.5 Å². The normalized spacial score (nSPS) is 11.1. The van der Waals surface area contributed by atoms with Crippen molar-refractivity contribution < 1.29 is 9.53 Å². The number of methoxy groups -OCH3 is 1. The monoisotopic (exact) mass is 417 g/mol. The first-order chi connectivity index (χ1) is 15.0. The molecule has 8 heteroatoms. The van der Waals surface area contributed by atoms with Crippen molar-refractivity contribution in [2.75, 3.05) is 12.4 Å². The van der Waals surface area contributed by atoms with Crippen LogP contribution in [0, 0.1) is 0 Å². The molecule has 1 amide bonds. The van der Waals surface area contributed by atoms with Crippen molar-refractivity contribution in [3.8, 4) is 11.4 Å². The van der Waals surface area contributed by atoms with Crippen molar-refractivity contribution in [3.05, 3.63) is 76.8 Å². The van der Waals surface area contributed by atoms with E-state index in [2.05, 4.69) is 15.5 Å². The summed E-state index contributed by atoms with van der Waals surface area (Å²) in [7, 11) is 1.53. The molecular weight excluding hydrogens is 394 g/mol. The summed E-state index contributed by atoms with van der Waals surface area (Å²) < 4.78 is 8.07. The molecule has 31 heavy (non-hydrogen) atoms. The van der Waals surface area contributed by atoms with E-state index in [0.717, 1.165) is 5.69 Å². The first-order valence-corrected chi connectivity index (χ1v) is 9.96. The van der Waals surface area contributed by atoms with Crippen LogP contribution in [0.2, 0.25) is 0 Å². The predicted molar refractivity (Wildman–Crippen MR) is 119 cm³/mol. The van der Waals surface area contributed by atoms with E-state index in [1.807, 2.05) is 50.2 Å². The lowest BCUT2D eigenvalue weighted by atomic mass is 10.1. The maximum Gasteiger partial charge on any atom is 0.293 e. The zero-order chi connectivity index (χ0) is 22.0. The molecule has 2 heterocycles. The van der Waals surface area contributed by atoms with Crippen LogP contribution in [0.3, 0.4) is 0 Å². The summed E-state index contributed by atoms with van der Waals surface area (Å²) in [6, 6.07) is 16.5. The topological polar surface area (TPSA) is 91.0 Å². The molecule has 0 aliphatic carbocycles.